The molecule has 0 fully saturated rings. The molecular formula is C17H17N3O4S. The number of anilines is 1. The predicted molar refractivity (Wildman–Crippen MR) is 94.1 cm³/mol. The van der Waals surface area contributed by atoms with Crippen molar-refractivity contribution in [2.45, 2.75) is 13.8 Å². The second-order valence-electron chi connectivity index (χ2n) is 5.05. The Balaban J connectivity index is 1.57. The molecule has 0 atom stereocenters. The van der Waals surface area contributed by atoms with Crippen molar-refractivity contribution in [1.82, 2.24) is 10.1 Å². The molecule has 0 spiro atoms. The van der Waals surface area contributed by atoms with E-state index in [0.717, 1.165) is 10.6 Å². The fourth-order valence-corrected chi connectivity index (χ4v) is 2.87. The van der Waals surface area contributed by atoms with E-state index in [1.165, 1.54) is 11.3 Å². The first kappa shape index (κ1) is 17.0. The first-order chi connectivity index (χ1) is 12.2. The van der Waals surface area contributed by atoms with Crippen LogP contribution in [-0.4, -0.2) is 29.3 Å². The van der Waals surface area contributed by atoms with Gasteiger partial charge in [0, 0.05) is 0 Å². The molecule has 0 aliphatic carbocycles. The lowest BCUT2D eigenvalue weighted by atomic mass is 10.3. The van der Waals surface area contributed by atoms with Crippen molar-refractivity contribution < 1.29 is 18.8 Å². The van der Waals surface area contributed by atoms with Crippen LogP contribution in [0.15, 0.2) is 40.2 Å². The molecule has 1 N–H and O–H groups in total. The standard InChI is InChI=1S/C17H17N3O4S/c1-3-22-12-4-6-13(7-5-12)23-10-15(21)19-14-8-9-25-16(14)17-18-11(2)20-24-17/h4-9H,3,10H2,1-2H3,(H,19,21). The summed E-state index contributed by atoms with van der Waals surface area (Å²) in [6.45, 7) is 4.16. The summed E-state index contributed by atoms with van der Waals surface area (Å²) in [5, 5.41) is 8.40. The van der Waals surface area contributed by atoms with Crippen LogP contribution in [0.1, 0.15) is 12.7 Å². The van der Waals surface area contributed by atoms with E-state index in [-0.39, 0.29) is 12.5 Å². The van der Waals surface area contributed by atoms with E-state index < -0.39 is 0 Å². The van der Waals surface area contributed by atoms with Crippen molar-refractivity contribution in [3.63, 3.8) is 0 Å². The molecule has 8 heteroatoms. The van der Waals surface area contributed by atoms with E-state index in [1.807, 2.05) is 12.3 Å². The number of hydrogen-bond donors (Lipinski definition) is 1. The van der Waals surface area contributed by atoms with Crippen molar-refractivity contribution in [2.75, 3.05) is 18.5 Å². The molecule has 1 aromatic carbocycles. The van der Waals surface area contributed by atoms with Crippen LogP contribution in [0.3, 0.4) is 0 Å². The average Bonchev–Trinajstić information content (AvgIpc) is 3.23. The Hall–Kier alpha value is -2.87. The number of nitrogens with zero attached hydrogens (tertiary/aromatic N) is 2. The summed E-state index contributed by atoms with van der Waals surface area (Å²) in [6, 6.07) is 8.90. The Bertz CT molecular complexity index is 842. The van der Waals surface area contributed by atoms with Gasteiger partial charge in [0.05, 0.1) is 12.3 Å². The summed E-state index contributed by atoms with van der Waals surface area (Å²) in [5.74, 6) is 2.01. The zero-order valence-corrected chi connectivity index (χ0v) is 14.6. The summed E-state index contributed by atoms with van der Waals surface area (Å²) in [5.41, 5.74) is 0.619. The molecule has 1 amide bonds. The lowest BCUT2D eigenvalue weighted by Gasteiger charge is -2.08. The maximum absolute atomic E-state index is 12.1. The van der Waals surface area contributed by atoms with E-state index in [2.05, 4.69) is 15.5 Å². The summed E-state index contributed by atoms with van der Waals surface area (Å²) in [4.78, 5) is 17.0. The molecule has 0 unspecified atom stereocenters. The van der Waals surface area contributed by atoms with Gasteiger partial charge in [-0.3, -0.25) is 4.79 Å². The van der Waals surface area contributed by atoms with Crippen molar-refractivity contribution in [3.05, 3.63) is 41.5 Å². The molecule has 2 aromatic heterocycles. The third-order valence-corrected chi connectivity index (χ3v) is 4.07. The van der Waals surface area contributed by atoms with Crippen molar-refractivity contribution in [3.8, 4) is 22.3 Å². The summed E-state index contributed by atoms with van der Waals surface area (Å²) < 4.78 is 16.0. The molecule has 7 nitrogen and oxygen atoms in total. The van der Waals surface area contributed by atoms with Crippen molar-refractivity contribution in [2.24, 2.45) is 0 Å². The first-order valence-corrected chi connectivity index (χ1v) is 8.57. The Morgan fingerprint density at radius 3 is 2.56 bits per heavy atom. The maximum atomic E-state index is 12.1. The molecule has 130 valence electrons. The lowest BCUT2D eigenvalue weighted by molar-refractivity contribution is -0.118. The van der Waals surface area contributed by atoms with Crippen molar-refractivity contribution in [1.29, 1.82) is 0 Å². The SMILES string of the molecule is CCOc1ccc(OCC(=O)Nc2ccsc2-c2nc(C)no2)cc1. The first-order valence-electron chi connectivity index (χ1n) is 7.69. The fraction of sp³-hybridized carbons (Fsp3) is 0.235. The zero-order valence-electron chi connectivity index (χ0n) is 13.8. The normalized spacial score (nSPS) is 10.5. The molecule has 0 saturated carbocycles. The summed E-state index contributed by atoms with van der Waals surface area (Å²) >= 11 is 1.41. The van der Waals surface area contributed by atoms with E-state index >= 15 is 0 Å². The van der Waals surface area contributed by atoms with E-state index in [0.29, 0.717) is 29.8 Å². The largest absolute Gasteiger partial charge is 0.494 e. The average molecular weight is 359 g/mol. The number of nitrogens with one attached hydrogen (secondary N) is 1. The van der Waals surface area contributed by atoms with Crippen LogP contribution in [0.5, 0.6) is 11.5 Å². The Kier molecular flexibility index (Phi) is 5.30. The van der Waals surface area contributed by atoms with E-state index in [9.17, 15) is 4.79 Å². The topological polar surface area (TPSA) is 86.5 Å². The van der Waals surface area contributed by atoms with Gasteiger partial charge in [0.1, 0.15) is 16.4 Å². The molecule has 0 bridgehead atoms. The number of hydrogen-bond acceptors (Lipinski definition) is 7. The smallest absolute Gasteiger partial charge is 0.270 e. The fourth-order valence-electron chi connectivity index (χ4n) is 2.10. The van der Waals surface area contributed by atoms with Crippen LogP contribution >= 0.6 is 11.3 Å². The number of carbonyl (C=O) groups excluding carboxylic acids is 1. The van der Waals surface area contributed by atoms with Gasteiger partial charge < -0.3 is 19.3 Å². The minimum Gasteiger partial charge on any atom is -0.494 e. The van der Waals surface area contributed by atoms with Gasteiger partial charge in [-0.05, 0) is 49.6 Å². The van der Waals surface area contributed by atoms with E-state index in [1.54, 1.807) is 37.3 Å². The number of carbonyl (C=O) groups is 1. The third-order valence-electron chi connectivity index (χ3n) is 3.17. The number of rotatable bonds is 7. The molecule has 3 rings (SSSR count). The molecule has 3 aromatic rings. The quantitative estimate of drug-likeness (QED) is 0.694. The number of ether oxygens (including phenoxy) is 2. The summed E-state index contributed by atoms with van der Waals surface area (Å²) in [6.07, 6.45) is 0. The van der Waals surface area contributed by atoms with Crippen LogP contribution in [-0.2, 0) is 4.79 Å². The van der Waals surface area contributed by atoms with Gasteiger partial charge in [0.15, 0.2) is 12.4 Å². The number of amides is 1. The van der Waals surface area contributed by atoms with Crippen LogP contribution in [0.25, 0.3) is 10.8 Å². The highest BCUT2D eigenvalue weighted by Crippen LogP contribution is 2.32. The maximum Gasteiger partial charge on any atom is 0.270 e. The van der Waals surface area contributed by atoms with Gasteiger partial charge in [0.25, 0.3) is 11.8 Å². The van der Waals surface area contributed by atoms with Crippen molar-refractivity contribution >= 4 is 22.9 Å². The second-order valence-corrected chi connectivity index (χ2v) is 5.97. The van der Waals surface area contributed by atoms with E-state index in [4.69, 9.17) is 14.0 Å². The Morgan fingerprint density at radius 2 is 1.92 bits per heavy atom. The molecular weight excluding hydrogens is 342 g/mol. The highest BCUT2D eigenvalue weighted by Gasteiger charge is 2.15. The highest BCUT2D eigenvalue weighted by atomic mass is 32.1. The lowest BCUT2D eigenvalue weighted by Crippen LogP contribution is -2.20. The van der Waals surface area contributed by atoms with Gasteiger partial charge in [-0.1, -0.05) is 5.16 Å². The second kappa shape index (κ2) is 7.80. The minimum absolute atomic E-state index is 0.105. The van der Waals surface area contributed by atoms with Crippen LogP contribution < -0.4 is 14.8 Å². The molecule has 0 radical (unpaired) electrons. The Morgan fingerprint density at radius 1 is 1.20 bits per heavy atom. The van der Waals surface area contributed by atoms with Crippen LogP contribution in [0.2, 0.25) is 0 Å². The molecule has 0 aliphatic rings. The van der Waals surface area contributed by atoms with Gasteiger partial charge in [-0.25, -0.2) is 0 Å². The molecule has 25 heavy (non-hydrogen) atoms. The third kappa shape index (κ3) is 4.36. The van der Waals surface area contributed by atoms with Crippen LogP contribution in [0.4, 0.5) is 5.69 Å². The number of thiophene rings is 1. The molecule has 2 heterocycles. The van der Waals surface area contributed by atoms with Gasteiger partial charge in [-0.2, -0.15) is 4.98 Å². The van der Waals surface area contributed by atoms with Gasteiger partial charge >= 0.3 is 0 Å². The molecule has 0 saturated heterocycles. The van der Waals surface area contributed by atoms with Crippen LogP contribution in [0, 0.1) is 6.92 Å². The number of aryl methyl sites for hydroxylation is 1. The Labute approximate surface area is 148 Å². The summed E-state index contributed by atoms with van der Waals surface area (Å²) in [7, 11) is 0. The van der Waals surface area contributed by atoms with Gasteiger partial charge in [-0.15, -0.1) is 11.3 Å². The zero-order chi connectivity index (χ0) is 17.6. The highest BCUT2D eigenvalue weighted by molar-refractivity contribution is 7.14. The number of benzene rings is 1. The monoisotopic (exact) mass is 359 g/mol. The van der Waals surface area contributed by atoms with Gasteiger partial charge in [0.2, 0.25) is 0 Å². The number of aromatic nitrogens is 2. The predicted octanol–water partition coefficient (Wildman–Crippen LogP) is 3.52. The minimum atomic E-state index is -0.273. The molecule has 0 aliphatic heterocycles.